The van der Waals surface area contributed by atoms with Crippen molar-refractivity contribution in [3.05, 3.63) is 0 Å². The molecule has 0 saturated carbocycles. The standard InChI is InChI=1S/C5H4BN/c1-3-5-7-6-4-2/h2H,1H3. The van der Waals surface area contributed by atoms with Crippen LogP contribution in [0.25, 0.3) is 0 Å². The Balaban J connectivity index is 3.47. The van der Waals surface area contributed by atoms with Crippen molar-refractivity contribution in [3.63, 3.8) is 0 Å². The third kappa shape index (κ3) is 4.98. The maximum absolute atomic E-state index is 4.80. The van der Waals surface area contributed by atoms with Crippen molar-refractivity contribution < 1.29 is 0 Å². The van der Waals surface area contributed by atoms with Crippen LogP contribution in [-0.2, 0) is 0 Å². The zero-order valence-electron chi connectivity index (χ0n) is 4.10. The topological polar surface area (TPSA) is 12.4 Å². The second-order valence-corrected chi connectivity index (χ2v) is 0.787. The van der Waals surface area contributed by atoms with Gasteiger partial charge in [-0.3, -0.25) is 0 Å². The molecule has 0 aliphatic carbocycles. The van der Waals surface area contributed by atoms with E-state index in [9.17, 15) is 0 Å². The van der Waals surface area contributed by atoms with E-state index in [1.807, 2.05) is 0 Å². The fourth-order valence-electron chi connectivity index (χ4n) is 0.134. The first-order valence-electron chi connectivity index (χ1n) is 1.81. The van der Waals surface area contributed by atoms with Crippen molar-refractivity contribution in [2.45, 2.75) is 6.92 Å². The quantitative estimate of drug-likeness (QED) is 0.301. The Morgan fingerprint density at radius 1 is 1.71 bits per heavy atom. The second kappa shape index (κ2) is 4.98. The molecule has 0 aliphatic rings. The van der Waals surface area contributed by atoms with Gasteiger partial charge in [-0.15, -0.1) is 0 Å². The molecule has 0 fully saturated rings. The number of rotatable bonds is 0. The van der Waals surface area contributed by atoms with Gasteiger partial charge in [-0.1, -0.05) is 0 Å². The molecule has 32 valence electrons. The van der Waals surface area contributed by atoms with E-state index < -0.39 is 0 Å². The van der Waals surface area contributed by atoms with E-state index in [2.05, 4.69) is 22.7 Å². The predicted octanol–water partition coefficient (Wildman–Crippen LogP) is 0.446. The first-order chi connectivity index (χ1) is 3.41. The molecule has 0 spiro atoms. The van der Waals surface area contributed by atoms with Gasteiger partial charge in [0.2, 0.25) is 0 Å². The van der Waals surface area contributed by atoms with Crippen LogP contribution in [0.3, 0.4) is 0 Å². The van der Waals surface area contributed by atoms with Crippen LogP contribution in [0, 0.1) is 24.2 Å². The summed E-state index contributed by atoms with van der Waals surface area (Å²) in [4.78, 5) is 3.49. The fourth-order valence-corrected chi connectivity index (χ4v) is 0.134. The van der Waals surface area contributed by atoms with E-state index in [4.69, 9.17) is 6.42 Å². The molecular weight excluding hydrogens is 84.9 g/mol. The summed E-state index contributed by atoms with van der Waals surface area (Å²) in [5.41, 5.74) is 0. The molecule has 2 heteroatoms. The molecule has 0 aromatic heterocycles. The van der Waals surface area contributed by atoms with Crippen LogP contribution in [-0.4, -0.2) is 7.07 Å². The third-order valence-electron chi connectivity index (χ3n) is 0.315. The average Bonchev–Trinajstić information content (AvgIpc) is 1.69. The Bertz CT molecular complexity index is 153. The van der Waals surface area contributed by atoms with Gasteiger partial charge in [-0.25, -0.2) is 0 Å². The third-order valence-corrected chi connectivity index (χ3v) is 0.315. The first-order valence-corrected chi connectivity index (χ1v) is 1.81. The van der Waals surface area contributed by atoms with Crippen LogP contribution < -0.4 is 0 Å². The van der Waals surface area contributed by atoms with Gasteiger partial charge in [0.15, 0.2) is 0 Å². The summed E-state index contributed by atoms with van der Waals surface area (Å²) in [5.74, 6) is 4.77. The van der Waals surface area contributed by atoms with Gasteiger partial charge in [0.05, 0.1) is 0 Å². The van der Waals surface area contributed by atoms with Crippen LogP contribution in [0.2, 0.25) is 0 Å². The molecule has 0 heterocycles. The number of hydrogen-bond acceptors (Lipinski definition) is 1. The summed E-state index contributed by atoms with van der Waals surface area (Å²) in [6.07, 6.45) is 4.80. The van der Waals surface area contributed by atoms with Crippen molar-refractivity contribution in [3.8, 4) is 24.2 Å². The Hall–Kier alpha value is -1.02. The van der Waals surface area contributed by atoms with Crippen LogP contribution in [0.1, 0.15) is 6.92 Å². The van der Waals surface area contributed by atoms with E-state index >= 15 is 0 Å². The Labute approximate surface area is 44.1 Å². The Kier molecular flexibility index (Phi) is 4.26. The van der Waals surface area contributed by atoms with Crippen LogP contribution in [0.4, 0.5) is 0 Å². The zero-order chi connectivity index (χ0) is 5.54. The van der Waals surface area contributed by atoms with Gasteiger partial charge in [-0.05, 0) is 0 Å². The molecular formula is C5H4BN. The monoisotopic (exact) mass is 89.0 g/mol. The summed E-state index contributed by atoms with van der Waals surface area (Å²) in [5, 5.41) is 0. The summed E-state index contributed by atoms with van der Waals surface area (Å²) < 4.78 is 0. The van der Waals surface area contributed by atoms with Crippen molar-refractivity contribution >= 4 is 7.07 Å². The summed E-state index contributed by atoms with van der Waals surface area (Å²) >= 11 is 0. The van der Waals surface area contributed by atoms with Gasteiger partial charge in [0.25, 0.3) is 0 Å². The molecule has 0 rings (SSSR count). The van der Waals surface area contributed by atoms with Gasteiger partial charge < -0.3 is 0 Å². The van der Waals surface area contributed by atoms with E-state index in [0.717, 1.165) is 0 Å². The molecule has 0 aromatic rings. The van der Waals surface area contributed by atoms with E-state index in [1.165, 1.54) is 7.07 Å². The average molecular weight is 88.9 g/mol. The molecule has 0 N–H and O–H groups in total. The van der Waals surface area contributed by atoms with Crippen molar-refractivity contribution in [1.29, 1.82) is 0 Å². The molecule has 0 aromatic carbocycles. The molecule has 0 saturated heterocycles. The normalized spacial score (nSPS) is 5.71. The molecule has 1 nitrogen and oxygen atoms in total. The predicted molar refractivity (Wildman–Crippen MR) is 30.5 cm³/mol. The van der Waals surface area contributed by atoms with Crippen LogP contribution in [0.5, 0.6) is 0 Å². The molecule has 0 aliphatic heterocycles. The summed E-state index contributed by atoms with van der Waals surface area (Å²) in [6.45, 7) is 1.70. The van der Waals surface area contributed by atoms with Crippen LogP contribution in [0.15, 0.2) is 4.90 Å². The molecule has 0 bridgehead atoms. The summed E-state index contributed by atoms with van der Waals surface area (Å²) in [6, 6.07) is 2.43. The molecule has 0 amide bonds. The fraction of sp³-hybridized carbons (Fsp3) is 0.200. The molecule has 0 radical (unpaired) electrons. The minimum absolute atomic E-state index is 1.32. The van der Waals surface area contributed by atoms with Crippen molar-refractivity contribution in [2.24, 2.45) is 4.90 Å². The SMILES string of the molecule is C#C/B=N/C#CC. The van der Waals surface area contributed by atoms with E-state index in [0.29, 0.717) is 0 Å². The first kappa shape index (κ1) is 5.98. The van der Waals surface area contributed by atoms with Gasteiger partial charge in [-0.2, -0.15) is 0 Å². The minimum atomic E-state index is 1.32. The van der Waals surface area contributed by atoms with E-state index in [-0.39, 0.29) is 0 Å². The maximum atomic E-state index is 4.80. The second-order valence-electron chi connectivity index (χ2n) is 0.787. The van der Waals surface area contributed by atoms with Crippen LogP contribution >= 0.6 is 0 Å². The van der Waals surface area contributed by atoms with Gasteiger partial charge in [0, 0.05) is 0 Å². The van der Waals surface area contributed by atoms with E-state index in [1.54, 1.807) is 6.92 Å². The van der Waals surface area contributed by atoms with Gasteiger partial charge in [0.1, 0.15) is 0 Å². The number of hydrogen-bond donors (Lipinski definition) is 0. The van der Waals surface area contributed by atoms with Gasteiger partial charge >= 0.3 is 43.1 Å². The zero-order valence-corrected chi connectivity index (χ0v) is 4.10. The number of nitrogens with zero attached hydrogens (tertiary/aromatic N) is 1. The molecule has 0 atom stereocenters. The summed E-state index contributed by atoms with van der Waals surface area (Å²) in [7, 11) is 1.32. The van der Waals surface area contributed by atoms with Crippen molar-refractivity contribution in [1.82, 2.24) is 0 Å². The Morgan fingerprint density at radius 3 is 2.86 bits per heavy atom. The van der Waals surface area contributed by atoms with Crippen molar-refractivity contribution in [2.75, 3.05) is 0 Å². The number of terminal acetylenes is 1. The molecule has 7 heavy (non-hydrogen) atoms. The Morgan fingerprint density at radius 2 is 2.43 bits per heavy atom. The molecule has 0 unspecified atom stereocenters.